The maximum Gasteiger partial charge on any atom is 0.119 e. The monoisotopic (exact) mass is 306 g/mol. The van der Waals surface area contributed by atoms with Crippen molar-refractivity contribution in [3.63, 3.8) is 0 Å². The Morgan fingerprint density at radius 2 is 1.86 bits per heavy atom. The number of methoxy groups -OCH3 is 1. The average molecular weight is 306 g/mol. The molecule has 0 aliphatic carbocycles. The molecule has 0 saturated carbocycles. The highest BCUT2D eigenvalue weighted by molar-refractivity contribution is 5.49. The van der Waals surface area contributed by atoms with Crippen molar-refractivity contribution in [1.29, 1.82) is 0 Å². The van der Waals surface area contributed by atoms with Gasteiger partial charge in [-0.2, -0.15) is 0 Å². The van der Waals surface area contributed by atoms with Gasteiger partial charge in [-0.15, -0.1) is 0 Å². The largest absolute Gasteiger partial charge is 0.497 e. The van der Waals surface area contributed by atoms with Crippen molar-refractivity contribution in [2.75, 3.05) is 31.6 Å². The molecule has 1 unspecified atom stereocenters. The number of aliphatic hydroxyl groups excluding tert-OH is 1. The molecule has 1 fully saturated rings. The molecule has 1 heterocycles. The predicted molar refractivity (Wildman–Crippen MR) is 91.7 cm³/mol. The number of nitrogens with zero attached hydrogens (tertiary/aromatic N) is 1. The highest BCUT2D eigenvalue weighted by Gasteiger charge is 2.19. The zero-order valence-corrected chi connectivity index (χ0v) is 14.1. The molecule has 0 spiro atoms. The molecule has 2 rings (SSSR count). The van der Waals surface area contributed by atoms with Crippen LogP contribution in [0.1, 0.15) is 33.1 Å². The fourth-order valence-electron chi connectivity index (χ4n) is 2.90. The first-order valence-corrected chi connectivity index (χ1v) is 8.40. The predicted octanol–water partition coefficient (Wildman–Crippen LogP) is 2.66. The van der Waals surface area contributed by atoms with Gasteiger partial charge in [0.15, 0.2) is 0 Å². The van der Waals surface area contributed by atoms with Crippen LogP contribution in [0.2, 0.25) is 0 Å². The van der Waals surface area contributed by atoms with E-state index in [1.807, 2.05) is 12.1 Å². The van der Waals surface area contributed by atoms with Crippen molar-refractivity contribution in [3.05, 3.63) is 24.3 Å². The number of rotatable bonds is 7. The number of hydrogen-bond acceptors (Lipinski definition) is 4. The Balaban J connectivity index is 1.71. The van der Waals surface area contributed by atoms with Gasteiger partial charge in [0.2, 0.25) is 0 Å². The minimum atomic E-state index is -0.188. The van der Waals surface area contributed by atoms with E-state index in [1.54, 1.807) is 7.11 Å². The van der Waals surface area contributed by atoms with Crippen molar-refractivity contribution in [3.8, 4) is 5.75 Å². The minimum Gasteiger partial charge on any atom is -0.497 e. The van der Waals surface area contributed by atoms with E-state index in [1.165, 1.54) is 5.69 Å². The maximum absolute atomic E-state index is 9.83. The van der Waals surface area contributed by atoms with E-state index in [2.05, 4.69) is 36.2 Å². The molecular formula is C18H30N2O2. The fourth-order valence-corrected chi connectivity index (χ4v) is 2.90. The van der Waals surface area contributed by atoms with Gasteiger partial charge < -0.3 is 20.1 Å². The van der Waals surface area contributed by atoms with Crippen LogP contribution in [0.25, 0.3) is 0 Å². The Morgan fingerprint density at radius 3 is 2.41 bits per heavy atom. The number of ether oxygens (including phenoxy) is 1. The summed E-state index contributed by atoms with van der Waals surface area (Å²) in [4.78, 5) is 2.43. The minimum absolute atomic E-state index is 0.188. The molecule has 124 valence electrons. The first-order valence-electron chi connectivity index (χ1n) is 8.40. The van der Waals surface area contributed by atoms with Crippen LogP contribution >= 0.6 is 0 Å². The Labute approximate surface area is 134 Å². The van der Waals surface area contributed by atoms with Crippen LogP contribution in [-0.4, -0.2) is 44.0 Å². The second kappa shape index (κ2) is 8.39. The molecule has 0 aromatic heterocycles. The summed E-state index contributed by atoms with van der Waals surface area (Å²) in [5.41, 5.74) is 1.27. The van der Waals surface area contributed by atoms with Crippen molar-refractivity contribution < 1.29 is 9.84 Å². The van der Waals surface area contributed by atoms with E-state index in [0.29, 0.717) is 12.0 Å². The third kappa shape index (κ3) is 4.89. The molecule has 1 atom stereocenters. The molecular weight excluding hydrogens is 276 g/mol. The third-order valence-corrected chi connectivity index (χ3v) is 4.58. The zero-order valence-electron chi connectivity index (χ0n) is 14.1. The molecule has 0 amide bonds. The number of aliphatic hydroxyl groups is 1. The fraction of sp³-hybridized carbons (Fsp3) is 0.667. The molecule has 1 aromatic rings. The van der Waals surface area contributed by atoms with Crippen LogP contribution in [-0.2, 0) is 0 Å². The van der Waals surface area contributed by atoms with Gasteiger partial charge >= 0.3 is 0 Å². The molecule has 22 heavy (non-hydrogen) atoms. The highest BCUT2D eigenvalue weighted by atomic mass is 16.5. The van der Waals surface area contributed by atoms with Crippen LogP contribution in [0.4, 0.5) is 5.69 Å². The van der Waals surface area contributed by atoms with Gasteiger partial charge in [0.05, 0.1) is 13.2 Å². The molecule has 1 aliphatic heterocycles. The van der Waals surface area contributed by atoms with Crippen molar-refractivity contribution in [2.24, 2.45) is 5.92 Å². The van der Waals surface area contributed by atoms with E-state index in [4.69, 9.17) is 4.74 Å². The number of hydrogen-bond donors (Lipinski definition) is 2. The summed E-state index contributed by atoms with van der Waals surface area (Å²) in [6, 6.07) is 8.88. The van der Waals surface area contributed by atoms with Crippen LogP contribution in [0.3, 0.4) is 0 Å². The maximum atomic E-state index is 9.83. The third-order valence-electron chi connectivity index (χ3n) is 4.58. The Kier molecular flexibility index (Phi) is 6.52. The quantitative estimate of drug-likeness (QED) is 0.813. The average Bonchev–Trinajstić information content (AvgIpc) is 2.55. The lowest BCUT2D eigenvalue weighted by atomic mass is 10.0. The molecule has 4 nitrogen and oxygen atoms in total. The van der Waals surface area contributed by atoms with E-state index in [0.717, 1.165) is 44.6 Å². The van der Waals surface area contributed by atoms with Gasteiger partial charge in [-0.1, -0.05) is 13.8 Å². The van der Waals surface area contributed by atoms with Crippen LogP contribution in [0, 0.1) is 5.92 Å². The SMILES string of the molecule is COc1ccc(N2CCC(NCCC(O)C(C)C)CC2)cc1. The molecule has 1 aliphatic rings. The molecule has 0 bridgehead atoms. The number of piperidine rings is 1. The second-order valence-electron chi connectivity index (χ2n) is 6.51. The van der Waals surface area contributed by atoms with Gasteiger partial charge in [-0.05, 0) is 56.0 Å². The zero-order chi connectivity index (χ0) is 15.9. The summed E-state index contributed by atoms with van der Waals surface area (Å²) in [7, 11) is 1.70. The van der Waals surface area contributed by atoms with Crippen LogP contribution < -0.4 is 15.0 Å². The summed E-state index contributed by atoms with van der Waals surface area (Å²) in [6.07, 6.45) is 2.97. The van der Waals surface area contributed by atoms with Crippen molar-refractivity contribution in [2.45, 2.75) is 45.3 Å². The number of nitrogens with one attached hydrogen (secondary N) is 1. The second-order valence-corrected chi connectivity index (χ2v) is 6.51. The van der Waals surface area contributed by atoms with Gasteiger partial charge in [-0.3, -0.25) is 0 Å². The standard InChI is InChI=1S/C18H30N2O2/c1-14(2)18(21)8-11-19-15-9-12-20(13-10-15)16-4-6-17(22-3)7-5-16/h4-7,14-15,18-19,21H,8-13H2,1-3H3. The van der Waals surface area contributed by atoms with E-state index < -0.39 is 0 Å². The summed E-state index contributed by atoms with van der Waals surface area (Å²) >= 11 is 0. The van der Waals surface area contributed by atoms with Gasteiger partial charge in [-0.25, -0.2) is 0 Å². The first kappa shape index (κ1) is 17.1. The summed E-state index contributed by atoms with van der Waals surface area (Å²) in [6.45, 7) is 7.20. The lowest BCUT2D eigenvalue weighted by Crippen LogP contribution is -2.43. The van der Waals surface area contributed by atoms with Crippen LogP contribution in [0.15, 0.2) is 24.3 Å². The number of anilines is 1. The topological polar surface area (TPSA) is 44.7 Å². The van der Waals surface area contributed by atoms with Gasteiger partial charge in [0.1, 0.15) is 5.75 Å². The molecule has 2 N–H and O–H groups in total. The van der Waals surface area contributed by atoms with E-state index in [9.17, 15) is 5.11 Å². The van der Waals surface area contributed by atoms with Crippen molar-refractivity contribution >= 4 is 5.69 Å². The Morgan fingerprint density at radius 1 is 1.23 bits per heavy atom. The van der Waals surface area contributed by atoms with Gasteiger partial charge in [0, 0.05) is 24.8 Å². The smallest absolute Gasteiger partial charge is 0.119 e. The summed E-state index contributed by atoms with van der Waals surface area (Å²) in [5, 5.41) is 13.4. The first-order chi connectivity index (χ1) is 10.6. The summed E-state index contributed by atoms with van der Waals surface area (Å²) in [5.74, 6) is 1.25. The Hall–Kier alpha value is -1.26. The van der Waals surface area contributed by atoms with Crippen molar-refractivity contribution in [1.82, 2.24) is 5.32 Å². The highest BCUT2D eigenvalue weighted by Crippen LogP contribution is 2.22. The lowest BCUT2D eigenvalue weighted by molar-refractivity contribution is 0.114. The lowest BCUT2D eigenvalue weighted by Gasteiger charge is -2.34. The normalized spacial score (nSPS) is 17.8. The van der Waals surface area contributed by atoms with E-state index >= 15 is 0 Å². The van der Waals surface area contributed by atoms with E-state index in [-0.39, 0.29) is 6.10 Å². The van der Waals surface area contributed by atoms with Crippen LogP contribution in [0.5, 0.6) is 5.75 Å². The molecule has 0 radical (unpaired) electrons. The molecule has 1 aromatic carbocycles. The molecule has 1 saturated heterocycles. The number of benzene rings is 1. The summed E-state index contributed by atoms with van der Waals surface area (Å²) < 4.78 is 5.20. The Bertz CT molecular complexity index is 425. The van der Waals surface area contributed by atoms with Gasteiger partial charge in [0.25, 0.3) is 0 Å². The molecule has 4 heteroatoms.